The summed E-state index contributed by atoms with van der Waals surface area (Å²) in [6.45, 7) is 1.82. The predicted molar refractivity (Wildman–Crippen MR) is 84.8 cm³/mol. The first-order chi connectivity index (χ1) is 11.1. The molecule has 0 fully saturated rings. The molecule has 0 bridgehead atoms. The fourth-order valence-corrected chi connectivity index (χ4v) is 2.20. The summed E-state index contributed by atoms with van der Waals surface area (Å²) in [4.78, 5) is 12.1. The van der Waals surface area contributed by atoms with E-state index >= 15 is 0 Å². The topological polar surface area (TPSA) is 80.2 Å². The van der Waals surface area contributed by atoms with E-state index in [9.17, 15) is 9.90 Å². The number of benzene rings is 2. The molecule has 2 aromatic carbocycles. The summed E-state index contributed by atoms with van der Waals surface area (Å²) in [5, 5.41) is 13.8. The normalized spacial score (nSPS) is 16.7. The number of amides is 1. The number of nitrogens with zero attached hydrogens (tertiary/aromatic N) is 1. The molecule has 2 aromatic rings. The molecule has 0 radical (unpaired) electrons. The van der Waals surface area contributed by atoms with Crippen molar-refractivity contribution in [3.8, 4) is 17.2 Å². The van der Waals surface area contributed by atoms with Gasteiger partial charge in [0, 0.05) is 5.56 Å². The van der Waals surface area contributed by atoms with Crippen LogP contribution in [0.1, 0.15) is 12.5 Å². The van der Waals surface area contributed by atoms with Gasteiger partial charge in [-0.05, 0) is 31.2 Å². The zero-order chi connectivity index (χ0) is 16.2. The number of aromatic hydroxyl groups is 1. The number of carbonyl (C=O) groups excluding carboxylic acids is 1. The maximum absolute atomic E-state index is 12.1. The Labute approximate surface area is 133 Å². The highest BCUT2D eigenvalue weighted by Crippen LogP contribution is 2.30. The van der Waals surface area contributed by atoms with Gasteiger partial charge in [-0.25, -0.2) is 5.43 Å². The van der Waals surface area contributed by atoms with Crippen LogP contribution in [0.3, 0.4) is 0 Å². The third-order valence-corrected chi connectivity index (χ3v) is 3.43. The van der Waals surface area contributed by atoms with Crippen LogP contribution in [0.25, 0.3) is 0 Å². The maximum Gasteiger partial charge on any atom is 0.284 e. The molecule has 0 saturated heterocycles. The third kappa shape index (κ3) is 3.26. The van der Waals surface area contributed by atoms with Gasteiger partial charge in [-0.1, -0.05) is 24.3 Å². The first kappa shape index (κ1) is 14.9. The number of para-hydroxylation sites is 3. The van der Waals surface area contributed by atoms with Crippen LogP contribution < -0.4 is 14.9 Å². The van der Waals surface area contributed by atoms with Crippen molar-refractivity contribution in [1.82, 2.24) is 5.43 Å². The summed E-state index contributed by atoms with van der Waals surface area (Å²) in [5.41, 5.74) is 3.49. The number of rotatable bonds is 3. The molecule has 0 aromatic heterocycles. The van der Waals surface area contributed by atoms with Crippen molar-refractivity contribution in [2.45, 2.75) is 13.0 Å². The molecule has 118 valence electrons. The van der Waals surface area contributed by atoms with Gasteiger partial charge in [0.2, 0.25) is 6.10 Å². The molecule has 2 N–H and O–H groups in total. The first-order valence-electron chi connectivity index (χ1n) is 7.16. The van der Waals surface area contributed by atoms with Crippen LogP contribution in [0.2, 0.25) is 0 Å². The van der Waals surface area contributed by atoms with Crippen molar-refractivity contribution >= 4 is 11.6 Å². The number of hydrogen-bond donors (Lipinski definition) is 2. The zero-order valence-corrected chi connectivity index (χ0v) is 12.5. The quantitative estimate of drug-likeness (QED) is 0.671. The van der Waals surface area contributed by atoms with Crippen molar-refractivity contribution in [2.24, 2.45) is 5.10 Å². The molecule has 3 rings (SSSR count). The van der Waals surface area contributed by atoms with E-state index in [1.165, 1.54) is 0 Å². The van der Waals surface area contributed by atoms with Gasteiger partial charge in [0.1, 0.15) is 12.4 Å². The molecule has 6 heteroatoms. The van der Waals surface area contributed by atoms with Crippen LogP contribution in [-0.4, -0.2) is 29.4 Å². The minimum absolute atomic E-state index is 0.106. The van der Waals surface area contributed by atoms with Gasteiger partial charge in [0.05, 0.1) is 5.71 Å². The lowest BCUT2D eigenvalue weighted by atomic mass is 10.1. The van der Waals surface area contributed by atoms with E-state index in [4.69, 9.17) is 9.47 Å². The van der Waals surface area contributed by atoms with Crippen LogP contribution in [0.4, 0.5) is 0 Å². The molecule has 1 amide bonds. The minimum atomic E-state index is -0.772. The van der Waals surface area contributed by atoms with Crippen molar-refractivity contribution < 1.29 is 19.4 Å². The Morgan fingerprint density at radius 3 is 2.65 bits per heavy atom. The molecule has 0 spiro atoms. The van der Waals surface area contributed by atoms with Gasteiger partial charge in [0.15, 0.2) is 11.5 Å². The summed E-state index contributed by atoms with van der Waals surface area (Å²) in [6, 6.07) is 13.9. The molecule has 1 aliphatic rings. The summed E-state index contributed by atoms with van der Waals surface area (Å²) in [7, 11) is 0. The number of hydrogen-bond acceptors (Lipinski definition) is 5. The number of carbonyl (C=O) groups is 1. The highest BCUT2D eigenvalue weighted by Gasteiger charge is 2.27. The number of ether oxygens (including phenoxy) is 2. The lowest BCUT2D eigenvalue weighted by Gasteiger charge is -2.24. The monoisotopic (exact) mass is 312 g/mol. The average molecular weight is 312 g/mol. The average Bonchev–Trinajstić information content (AvgIpc) is 2.59. The van der Waals surface area contributed by atoms with Gasteiger partial charge in [0.25, 0.3) is 5.91 Å². The maximum atomic E-state index is 12.1. The van der Waals surface area contributed by atoms with Gasteiger partial charge in [-0.3, -0.25) is 4.79 Å². The Balaban J connectivity index is 1.66. The first-order valence-corrected chi connectivity index (χ1v) is 7.16. The van der Waals surface area contributed by atoms with E-state index in [-0.39, 0.29) is 12.4 Å². The lowest BCUT2D eigenvalue weighted by Crippen LogP contribution is -2.42. The SMILES string of the molecule is C/C(=N/NC(=O)[C@@H]1COc2ccccc2O1)c1ccccc1O. The fourth-order valence-electron chi connectivity index (χ4n) is 2.20. The number of phenolic OH excluding ortho intramolecular Hbond substituents is 1. The van der Waals surface area contributed by atoms with Crippen LogP contribution in [0, 0.1) is 0 Å². The van der Waals surface area contributed by atoms with E-state index in [0.717, 1.165) is 0 Å². The second kappa shape index (κ2) is 6.39. The molecular weight excluding hydrogens is 296 g/mol. The van der Waals surface area contributed by atoms with Crippen molar-refractivity contribution in [3.63, 3.8) is 0 Å². The Hall–Kier alpha value is -3.02. The molecule has 6 nitrogen and oxygen atoms in total. The van der Waals surface area contributed by atoms with Gasteiger partial charge in [-0.15, -0.1) is 0 Å². The standard InChI is InChI=1S/C17H16N2O4/c1-11(12-6-2-3-7-13(12)20)18-19-17(21)16-10-22-14-8-4-5-9-15(14)23-16/h2-9,16,20H,10H2,1H3,(H,19,21)/b18-11-/t16-/m0/s1. The predicted octanol–water partition coefficient (Wildman–Crippen LogP) is 2.07. The molecule has 1 heterocycles. The summed E-state index contributed by atoms with van der Waals surface area (Å²) >= 11 is 0. The summed E-state index contributed by atoms with van der Waals surface area (Å²) in [5.74, 6) is 0.842. The highest BCUT2D eigenvalue weighted by atomic mass is 16.6. The molecule has 0 unspecified atom stereocenters. The smallest absolute Gasteiger partial charge is 0.284 e. The Morgan fingerprint density at radius 2 is 1.87 bits per heavy atom. The van der Waals surface area contributed by atoms with E-state index in [1.54, 1.807) is 43.3 Å². The fraction of sp³-hybridized carbons (Fsp3) is 0.176. The van der Waals surface area contributed by atoms with Gasteiger partial charge < -0.3 is 14.6 Å². The molecule has 0 aliphatic carbocycles. The van der Waals surface area contributed by atoms with Crippen LogP contribution in [0.5, 0.6) is 17.2 Å². The molecular formula is C17H16N2O4. The molecule has 1 atom stereocenters. The summed E-state index contributed by atoms with van der Waals surface area (Å²) < 4.78 is 11.1. The lowest BCUT2D eigenvalue weighted by molar-refractivity contribution is -0.130. The Morgan fingerprint density at radius 1 is 1.17 bits per heavy atom. The van der Waals surface area contributed by atoms with Crippen molar-refractivity contribution in [1.29, 1.82) is 0 Å². The van der Waals surface area contributed by atoms with Crippen molar-refractivity contribution in [3.05, 3.63) is 54.1 Å². The number of phenols is 1. The third-order valence-electron chi connectivity index (χ3n) is 3.43. The number of nitrogens with one attached hydrogen (secondary N) is 1. The van der Waals surface area contributed by atoms with E-state index in [1.807, 2.05) is 12.1 Å². The number of hydrazone groups is 1. The van der Waals surface area contributed by atoms with E-state index in [0.29, 0.717) is 22.8 Å². The second-order valence-corrected chi connectivity index (χ2v) is 5.05. The minimum Gasteiger partial charge on any atom is -0.507 e. The van der Waals surface area contributed by atoms with Gasteiger partial charge >= 0.3 is 0 Å². The Bertz CT molecular complexity index is 758. The highest BCUT2D eigenvalue weighted by molar-refractivity contribution is 6.01. The second-order valence-electron chi connectivity index (χ2n) is 5.05. The number of fused-ring (bicyclic) bond motifs is 1. The Kier molecular flexibility index (Phi) is 4.14. The molecule has 0 saturated carbocycles. The van der Waals surface area contributed by atoms with Crippen LogP contribution >= 0.6 is 0 Å². The largest absolute Gasteiger partial charge is 0.507 e. The summed E-state index contributed by atoms with van der Waals surface area (Å²) in [6.07, 6.45) is -0.772. The van der Waals surface area contributed by atoms with Gasteiger partial charge in [-0.2, -0.15) is 5.10 Å². The van der Waals surface area contributed by atoms with Crippen molar-refractivity contribution in [2.75, 3.05) is 6.61 Å². The van der Waals surface area contributed by atoms with E-state index in [2.05, 4.69) is 10.5 Å². The van der Waals surface area contributed by atoms with Crippen LogP contribution in [-0.2, 0) is 4.79 Å². The molecule has 1 aliphatic heterocycles. The van der Waals surface area contributed by atoms with E-state index < -0.39 is 12.0 Å². The zero-order valence-electron chi connectivity index (χ0n) is 12.5. The van der Waals surface area contributed by atoms with Crippen LogP contribution in [0.15, 0.2) is 53.6 Å². The molecule has 23 heavy (non-hydrogen) atoms.